The summed E-state index contributed by atoms with van der Waals surface area (Å²) < 4.78 is 11.5. The maximum atomic E-state index is 9.62. The van der Waals surface area contributed by atoms with E-state index in [2.05, 4.69) is 0 Å². The van der Waals surface area contributed by atoms with E-state index in [4.69, 9.17) is 15.2 Å². The van der Waals surface area contributed by atoms with E-state index in [1.54, 1.807) is 6.92 Å². The summed E-state index contributed by atoms with van der Waals surface area (Å²) in [5, 5.41) is 9.62. The third-order valence-electron chi connectivity index (χ3n) is 2.96. The fourth-order valence-corrected chi connectivity index (χ4v) is 2.06. The number of benzene rings is 1. The Kier molecular flexibility index (Phi) is 3.54. The van der Waals surface area contributed by atoms with Gasteiger partial charge in [-0.15, -0.1) is 0 Å². The maximum absolute atomic E-state index is 9.62. The second-order valence-corrected chi connectivity index (χ2v) is 4.47. The summed E-state index contributed by atoms with van der Waals surface area (Å²) in [6, 6.07) is 5.82. The van der Waals surface area contributed by atoms with Gasteiger partial charge < -0.3 is 20.3 Å². The van der Waals surface area contributed by atoms with Gasteiger partial charge in [-0.2, -0.15) is 0 Å². The van der Waals surface area contributed by atoms with Crippen molar-refractivity contribution in [1.29, 1.82) is 0 Å². The number of nitrogens with two attached hydrogens (primary N) is 1. The van der Waals surface area contributed by atoms with Crippen LogP contribution in [0.3, 0.4) is 0 Å². The Bertz CT molecular complexity index is 392. The molecule has 1 aromatic rings. The van der Waals surface area contributed by atoms with Crippen molar-refractivity contribution < 1.29 is 14.6 Å². The summed E-state index contributed by atoms with van der Waals surface area (Å²) in [6.07, 6.45) is -0.222. The fraction of sp³-hybridized carbons (Fsp3) is 0.538. The van der Waals surface area contributed by atoms with Crippen molar-refractivity contribution in [2.75, 3.05) is 6.54 Å². The molecule has 0 aromatic heterocycles. The molecule has 4 heteroatoms. The smallest absolute Gasteiger partial charge is 0.162 e. The largest absolute Gasteiger partial charge is 0.483 e. The molecule has 1 aliphatic heterocycles. The fourth-order valence-electron chi connectivity index (χ4n) is 2.06. The standard InChI is InChI=1S/C13H19NO3/c1-8(15)13-9(2)16-11-4-3-10(5-6-14)7-12(11)17-13/h3-4,7-9,13,15H,5-6,14H2,1-2H3. The molecule has 0 aliphatic carbocycles. The molecule has 0 saturated heterocycles. The third-order valence-corrected chi connectivity index (χ3v) is 2.96. The second-order valence-electron chi connectivity index (χ2n) is 4.47. The van der Waals surface area contributed by atoms with E-state index >= 15 is 0 Å². The van der Waals surface area contributed by atoms with Crippen molar-refractivity contribution in [2.45, 2.75) is 38.6 Å². The molecule has 0 saturated carbocycles. The molecule has 0 spiro atoms. The zero-order chi connectivity index (χ0) is 12.4. The number of aliphatic hydroxyl groups excluding tert-OH is 1. The molecule has 1 aliphatic rings. The molecule has 2 rings (SSSR count). The van der Waals surface area contributed by atoms with Crippen LogP contribution in [0.5, 0.6) is 11.5 Å². The van der Waals surface area contributed by atoms with Gasteiger partial charge in [0.2, 0.25) is 0 Å². The van der Waals surface area contributed by atoms with Crippen molar-refractivity contribution in [2.24, 2.45) is 5.73 Å². The highest BCUT2D eigenvalue weighted by molar-refractivity contribution is 5.44. The van der Waals surface area contributed by atoms with E-state index in [1.165, 1.54) is 0 Å². The zero-order valence-corrected chi connectivity index (χ0v) is 10.2. The van der Waals surface area contributed by atoms with Crippen molar-refractivity contribution in [3.05, 3.63) is 23.8 Å². The molecule has 17 heavy (non-hydrogen) atoms. The van der Waals surface area contributed by atoms with Crippen LogP contribution in [0.4, 0.5) is 0 Å². The maximum Gasteiger partial charge on any atom is 0.162 e. The minimum absolute atomic E-state index is 0.150. The molecular formula is C13H19NO3. The molecule has 0 amide bonds. The Labute approximate surface area is 101 Å². The van der Waals surface area contributed by atoms with Crippen LogP contribution in [0, 0.1) is 0 Å². The lowest BCUT2D eigenvalue weighted by molar-refractivity contribution is -0.0396. The Morgan fingerprint density at radius 2 is 2.12 bits per heavy atom. The summed E-state index contributed by atoms with van der Waals surface area (Å²) in [7, 11) is 0. The van der Waals surface area contributed by atoms with E-state index in [9.17, 15) is 5.11 Å². The molecule has 0 fully saturated rings. The quantitative estimate of drug-likeness (QED) is 0.826. The van der Waals surface area contributed by atoms with Gasteiger partial charge in [-0.05, 0) is 44.5 Å². The molecule has 0 bridgehead atoms. The van der Waals surface area contributed by atoms with Crippen LogP contribution in [0.2, 0.25) is 0 Å². The Balaban J connectivity index is 2.24. The van der Waals surface area contributed by atoms with E-state index in [-0.39, 0.29) is 12.2 Å². The van der Waals surface area contributed by atoms with Gasteiger partial charge in [0.1, 0.15) is 6.10 Å². The highest BCUT2D eigenvalue weighted by Gasteiger charge is 2.31. The zero-order valence-electron chi connectivity index (χ0n) is 10.2. The van der Waals surface area contributed by atoms with E-state index in [1.807, 2.05) is 25.1 Å². The van der Waals surface area contributed by atoms with Crippen molar-refractivity contribution in [1.82, 2.24) is 0 Å². The first-order valence-electron chi connectivity index (χ1n) is 5.96. The highest BCUT2D eigenvalue weighted by atomic mass is 16.6. The van der Waals surface area contributed by atoms with Crippen molar-refractivity contribution in [3.8, 4) is 11.5 Å². The molecular weight excluding hydrogens is 218 g/mol. The van der Waals surface area contributed by atoms with Gasteiger partial charge in [0.15, 0.2) is 17.6 Å². The minimum atomic E-state index is -0.559. The molecule has 0 radical (unpaired) electrons. The van der Waals surface area contributed by atoms with Crippen LogP contribution in [-0.2, 0) is 6.42 Å². The number of aliphatic hydroxyl groups is 1. The monoisotopic (exact) mass is 237 g/mol. The lowest BCUT2D eigenvalue weighted by Crippen LogP contribution is -2.44. The predicted octanol–water partition coefficient (Wildman–Crippen LogP) is 1.10. The van der Waals surface area contributed by atoms with Gasteiger partial charge >= 0.3 is 0 Å². The number of ether oxygens (including phenoxy) is 2. The number of hydrogen-bond acceptors (Lipinski definition) is 4. The number of hydrogen-bond donors (Lipinski definition) is 2. The summed E-state index contributed by atoms with van der Waals surface area (Å²) in [5.74, 6) is 1.43. The van der Waals surface area contributed by atoms with Crippen LogP contribution in [0.15, 0.2) is 18.2 Å². The van der Waals surface area contributed by atoms with Gasteiger partial charge in [0.05, 0.1) is 6.10 Å². The first-order valence-corrected chi connectivity index (χ1v) is 5.96. The lowest BCUT2D eigenvalue weighted by Gasteiger charge is -2.33. The molecule has 3 N–H and O–H groups in total. The Hall–Kier alpha value is -1.26. The van der Waals surface area contributed by atoms with Crippen LogP contribution >= 0.6 is 0 Å². The Morgan fingerprint density at radius 3 is 2.76 bits per heavy atom. The van der Waals surface area contributed by atoms with Gasteiger partial charge in [-0.1, -0.05) is 6.07 Å². The summed E-state index contributed by atoms with van der Waals surface area (Å²) in [5.41, 5.74) is 6.64. The summed E-state index contributed by atoms with van der Waals surface area (Å²) in [4.78, 5) is 0. The Morgan fingerprint density at radius 1 is 1.35 bits per heavy atom. The molecule has 1 heterocycles. The first kappa shape index (κ1) is 12.2. The second kappa shape index (κ2) is 4.94. The van der Waals surface area contributed by atoms with Crippen LogP contribution in [-0.4, -0.2) is 30.0 Å². The van der Waals surface area contributed by atoms with E-state index in [0.717, 1.165) is 17.7 Å². The van der Waals surface area contributed by atoms with Gasteiger partial charge in [-0.3, -0.25) is 0 Å². The number of rotatable bonds is 3. The van der Waals surface area contributed by atoms with Crippen molar-refractivity contribution in [3.63, 3.8) is 0 Å². The predicted molar refractivity (Wildman–Crippen MR) is 65.4 cm³/mol. The van der Waals surface area contributed by atoms with Gasteiger partial charge in [0, 0.05) is 0 Å². The van der Waals surface area contributed by atoms with Gasteiger partial charge in [-0.25, -0.2) is 0 Å². The minimum Gasteiger partial charge on any atom is -0.483 e. The van der Waals surface area contributed by atoms with Crippen LogP contribution in [0.25, 0.3) is 0 Å². The summed E-state index contributed by atoms with van der Waals surface area (Å²) >= 11 is 0. The van der Waals surface area contributed by atoms with Crippen LogP contribution < -0.4 is 15.2 Å². The number of fused-ring (bicyclic) bond motifs is 1. The first-order chi connectivity index (χ1) is 8.11. The third kappa shape index (κ3) is 2.53. The topological polar surface area (TPSA) is 64.7 Å². The van der Waals surface area contributed by atoms with Crippen LogP contribution in [0.1, 0.15) is 19.4 Å². The average molecular weight is 237 g/mol. The average Bonchev–Trinajstić information content (AvgIpc) is 2.28. The van der Waals surface area contributed by atoms with Crippen molar-refractivity contribution >= 4 is 0 Å². The lowest BCUT2D eigenvalue weighted by atomic mass is 10.1. The SMILES string of the molecule is CC(O)C1Oc2cc(CCN)ccc2OC1C. The molecule has 4 nitrogen and oxygen atoms in total. The van der Waals surface area contributed by atoms with Gasteiger partial charge in [0.25, 0.3) is 0 Å². The molecule has 3 unspecified atom stereocenters. The highest BCUT2D eigenvalue weighted by Crippen LogP contribution is 2.35. The molecule has 3 atom stereocenters. The molecule has 1 aromatic carbocycles. The summed E-state index contributed by atoms with van der Waals surface area (Å²) in [6.45, 7) is 4.21. The van der Waals surface area contributed by atoms with E-state index in [0.29, 0.717) is 12.3 Å². The van der Waals surface area contributed by atoms with E-state index < -0.39 is 6.10 Å². The normalized spacial score (nSPS) is 24.5. The molecule has 94 valence electrons.